The van der Waals surface area contributed by atoms with Crippen molar-refractivity contribution in [1.82, 2.24) is 20.6 Å². The van der Waals surface area contributed by atoms with Crippen molar-refractivity contribution < 1.29 is 9.59 Å². The van der Waals surface area contributed by atoms with E-state index in [1.165, 1.54) is 6.33 Å². The van der Waals surface area contributed by atoms with Crippen LogP contribution in [0.1, 0.15) is 52.1 Å². The van der Waals surface area contributed by atoms with Gasteiger partial charge in [-0.05, 0) is 31.7 Å². The molecule has 1 aromatic rings. The third-order valence-electron chi connectivity index (χ3n) is 4.20. The lowest BCUT2D eigenvalue weighted by atomic mass is 9.84. The summed E-state index contributed by atoms with van der Waals surface area (Å²) in [6, 6.07) is 1.98. The maximum atomic E-state index is 12.2. The lowest BCUT2D eigenvalue weighted by Gasteiger charge is -2.30. The number of nitrogens with one attached hydrogen (secondary N) is 2. The summed E-state index contributed by atoms with van der Waals surface area (Å²) in [5, 5.41) is 6.02. The molecule has 0 radical (unpaired) electrons. The molecule has 0 atom stereocenters. The van der Waals surface area contributed by atoms with Gasteiger partial charge in [0.25, 0.3) is 0 Å². The summed E-state index contributed by atoms with van der Waals surface area (Å²) in [4.78, 5) is 32.2. The van der Waals surface area contributed by atoms with Crippen molar-refractivity contribution in [2.45, 2.75) is 59.0 Å². The van der Waals surface area contributed by atoms with Crippen molar-refractivity contribution in [1.29, 1.82) is 0 Å². The summed E-state index contributed by atoms with van der Waals surface area (Å²) in [5.74, 6) is 0.179. The molecule has 0 unspecified atom stereocenters. The largest absolute Gasteiger partial charge is 0.353 e. The first-order valence-corrected chi connectivity index (χ1v) is 8.20. The van der Waals surface area contributed by atoms with E-state index in [1.807, 2.05) is 20.8 Å². The summed E-state index contributed by atoms with van der Waals surface area (Å²) in [5.41, 5.74) is 0.436. The second-order valence-corrected chi connectivity index (χ2v) is 7.19. The third-order valence-corrected chi connectivity index (χ3v) is 4.20. The van der Waals surface area contributed by atoms with Gasteiger partial charge in [-0.1, -0.05) is 20.8 Å². The van der Waals surface area contributed by atoms with Crippen LogP contribution < -0.4 is 10.6 Å². The zero-order chi connectivity index (χ0) is 16.9. The fraction of sp³-hybridized carbons (Fsp3) is 0.647. The zero-order valence-electron chi connectivity index (χ0n) is 14.1. The van der Waals surface area contributed by atoms with Gasteiger partial charge in [0.2, 0.25) is 11.8 Å². The van der Waals surface area contributed by atoms with Gasteiger partial charge in [-0.25, -0.2) is 9.97 Å². The van der Waals surface area contributed by atoms with Gasteiger partial charge in [0.1, 0.15) is 6.33 Å². The highest BCUT2D eigenvalue weighted by molar-refractivity contribution is 5.81. The monoisotopic (exact) mass is 318 g/mol. The van der Waals surface area contributed by atoms with Gasteiger partial charge >= 0.3 is 0 Å². The van der Waals surface area contributed by atoms with Gasteiger partial charge in [-0.15, -0.1) is 0 Å². The van der Waals surface area contributed by atoms with Crippen LogP contribution in [0, 0.1) is 11.3 Å². The molecule has 0 spiro atoms. The maximum Gasteiger partial charge on any atom is 0.225 e. The Bertz CT molecular complexity index is 531. The highest BCUT2D eigenvalue weighted by atomic mass is 16.2. The van der Waals surface area contributed by atoms with Crippen LogP contribution >= 0.6 is 0 Å². The normalized spacial score (nSPS) is 21.5. The molecule has 1 saturated carbocycles. The van der Waals surface area contributed by atoms with Gasteiger partial charge in [-0.2, -0.15) is 0 Å². The molecule has 6 nitrogen and oxygen atoms in total. The molecular formula is C17H26N4O2. The molecule has 1 aliphatic carbocycles. The van der Waals surface area contributed by atoms with E-state index in [1.54, 1.807) is 12.3 Å². The highest BCUT2D eigenvalue weighted by Crippen LogP contribution is 2.25. The third kappa shape index (κ3) is 5.30. The first-order valence-electron chi connectivity index (χ1n) is 8.20. The SMILES string of the molecule is CC(C)(C)C(=O)NC1CCC(C(=O)NCc2ccncn2)CC1. The first kappa shape index (κ1) is 17.4. The number of aromatic nitrogens is 2. The minimum atomic E-state index is -0.369. The Labute approximate surface area is 137 Å². The zero-order valence-corrected chi connectivity index (χ0v) is 14.1. The Morgan fingerprint density at radius 2 is 1.91 bits per heavy atom. The lowest BCUT2D eigenvalue weighted by molar-refractivity contribution is -0.129. The van der Waals surface area contributed by atoms with Gasteiger partial charge in [0.05, 0.1) is 12.2 Å². The summed E-state index contributed by atoms with van der Waals surface area (Å²) >= 11 is 0. The van der Waals surface area contributed by atoms with Crippen molar-refractivity contribution in [3.8, 4) is 0 Å². The second kappa shape index (κ2) is 7.53. The Kier molecular flexibility index (Phi) is 5.69. The Hall–Kier alpha value is -1.98. The highest BCUT2D eigenvalue weighted by Gasteiger charge is 2.29. The van der Waals surface area contributed by atoms with Gasteiger partial charge < -0.3 is 10.6 Å². The van der Waals surface area contributed by atoms with Crippen molar-refractivity contribution in [2.75, 3.05) is 0 Å². The number of carbonyl (C=O) groups is 2. The number of amides is 2. The van der Waals surface area contributed by atoms with Crippen LogP contribution in [0.5, 0.6) is 0 Å². The lowest BCUT2D eigenvalue weighted by Crippen LogP contribution is -2.44. The average molecular weight is 318 g/mol. The minimum absolute atomic E-state index is 0.0274. The molecule has 2 rings (SSSR count). The van der Waals surface area contributed by atoms with Crippen LogP contribution in [0.2, 0.25) is 0 Å². The molecule has 1 fully saturated rings. The molecule has 1 aromatic heterocycles. The molecule has 2 amide bonds. The second-order valence-electron chi connectivity index (χ2n) is 7.19. The fourth-order valence-corrected chi connectivity index (χ4v) is 2.65. The van der Waals surface area contributed by atoms with E-state index >= 15 is 0 Å². The molecule has 6 heteroatoms. The van der Waals surface area contributed by atoms with E-state index in [0.29, 0.717) is 6.54 Å². The topological polar surface area (TPSA) is 84.0 Å². The summed E-state index contributed by atoms with van der Waals surface area (Å²) < 4.78 is 0. The molecule has 126 valence electrons. The summed E-state index contributed by atoms with van der Waals surface area (Å²) in [6.07, 6.45) is 6.47. The van der Waals surface area contributed by atoms with Gasteiger partial charge in [0.15, 0.2) is 0 Å². The molecular weight excluding hydrogens is 292 g/mol. The van der Waals surface area contributed by atoms with Crippen LogP contribution in [-0.2, 0) is 16.1 Å². The predicted octanol–water partition coefficient (Wildman–Crippen LogP) is 1.81. The summed E-state index contributed by atoms with van der Waals surface area (Å²) in [7, 11) is 0. The molecule has 23 heavy (non-hydrogen) atoms. The van der Waals surface area contributed by atoms with Gasteiger partial charge in [0, 0.05) is 23.6 Å². The molecule has 1 heterocycles. The van der Waals surface area contributed by atoms with E-state index in [0.717, 1.165) is 31.4 Å². The molecule has 0 aromatic carbocycles. The van der Waals surface area contributed by atoms with Crippen LogP contribution in [0.4, 0.5) is 0 Å². The van der Waals surface area contributed by atoms with Crippen LogP contribution in [0.3, 0.4) is 0 Å². The van der Waals surface area contributed by atoms with E-state index in [-0.39, 0.29) is 29.2 Å². The van der Waals surface area contributed by atoms with E-state index in [2.05, 4.69) is 20.6 Å². The Morgan fingerprint density at radius 3 is 2.48 bits per heavy atom. The smallest absolute Gasteiger partial charge is 0.225 e. The number of rotatable bonds is 4. The summed E-state index contributed by atoms with van der Waals surface area (Å²) in [6.45, 7) is 6.17. The Morgan fingerprint density at radius 1 is 1.22 bits per heavy atom. The van der Waals surface area contributed by atoms with E-state index < -0.39 is 0 Å². The standard InChI is InChI=1S/C17H26N4O2/c1-17(2,3)16(23)21-13-6-4-12(5-7-13)15(22)19-10-14-8-9-18-11-20-14/h8-9,11-13H,4-7,10H2,1-3H3,(H,19,22)(H,21,23). The molecule has 1 aliphatic rings. The van der Waals surface area contributed by atoms with Crippen molar-refractivity contribution in [2.24, 2.45) is 11.3 Å². The molecule has 0 saturated heterocycles. The number of hydrogen-bond donors (Lipinski definition) is 2. The van der Waals surface area contributed by atoms with Gasteiger partial charge in [-0.3, -0.25) is 9.59 Å². The van der Waals surface area contributed by atoms with E-state index in [4.69, 9.17) is 0 Å². The van der Waals surface area contributed by atoms with Crippen LogP contribution in [0.15, 0.2) is 18.6 Å². The fourth-order valence-electron chi connectivity index (χ4n) is 2.65. The Balaban J connectivity index is 1.73. The number of carbonyl (C=O) groups excluding carboxylic acids is 2. The van der Waals surface area contributed by atoms with E-state index in [9.17, 15) is 9.59 Å². The van der Waals surface area contributed by atoms with Crippen LogP contribution in [-0.4, -0.2) is 27.8 Å². The quantitative estimate of drug-likeness (QED) is 0.887. The van der Waals surface area contributed by atoms with Crippen molar-refractivity contribution in [3.05, 3.63) is 24.3 Å². The van der Waals surface area contributed by atoms with Crippen molar-refractivity contribution >= 4 is 11.8 Å². The van der Waals surface area contributed by atoms with Crippen LogP contribution in [0.25, 0.3) is 0 Å². The molecule has 0 bridgehead atoms. The predicted molar refractivity (Wildman–Crippen MR) is 87.2 cm³/mol. The molecule has 2 N–H and O–H groups in total. The number of hydrogen-bond acceptors (Lipinski definition) is 4. The maximum absolute atomic E-state index is 12.2. The van der Waals surface area contributed by atoms with Crippen molar-refractivity contribution in [3.63, 3.8) is 0 Å². The minimum Gasteiger partial charge on any atom is -0.353 e. The number of nitrogens with zero attached hydrogens (tertiary/aromatic N) is 2. The molecule has 0 aliphatic heterocycles. The average Bonchev–Trinajstić information content (AvgIpc) is 2.53. The first-order chi connectivity index (χ1) is 10.9.